The summed E-state index contributed by atoms with van der Waals surface area (Å²) in [5.74, 6) is 0. The Hall–Kier alpha value is -1.66. The van der Waals surface area contributed by atoms with Gasteiger partial charge in [0, 0.05) is 32.8 Å². The lowest BCUT2D eigenvalue weighted by Crippen LogP contribution is -2.23. The number of para-hydroxylation sites is 1. The number of rotatable bonds is 8. The van der Waals surface area contributed by atoms with Crippen molar-refractivity contribution in [2.75, 3.05) is 39.2 Å². The molecule has 1 N–H and O–H groups in total. The van der Waals surface area contributed by atoms with Crippen LogP contribution in [0.15, 0.2) is 18.2 Å². The number of nitrogens with one attached hydrogen (secondary N) is 1. The quantitative estimate of drug-likeness (QED) is 0.577. The Morgan fingerprint density at radius 3 is 2.79 bits per heavy atom. The summed E-state index contributed by atoms with van der Waals surface area (Å²) in [6.45, 7) is 4.65. The summed E-state index contributed by atoms with van der Waals surface area (Å²) in [4.78, 5) is 12.8. The first kappa shape index (κ1) is 15.4. The number of methoxy groups -OCH3 is 1. The van der Waals surface area contributed by atoms with Crippen molar-refractivity contribution in [3.05, 3.63) is 33.9 Å². The van der Waals surface area contributed by atoms with Crippen molar-refractivity contribution >= 4 is 11.4 Å². The van der Waals surface area contributed by atoms with E-state index in [-0.39, 0.29) is 10.6 Å². The molecule has 1 rings (SSSR count). The van der Waals surface area contributed by atoms with Gasteiger partial charge in [-0.15, -0.1) is 0 Å². The van der Waals surface area contributed by atoms with E-state index in [9.17, 15) is 10.1 Å². The molecule has 0 spiro atoms. The van der Waals surface area contributed by atoms with Crippen molar-refractivity contribution in [2.45, 2.75) is 13.5 Å². The monoisotopic (exact) mass is 267 g/mol. The number of likely N-dealkylation sites (N-methyl/N-ethyl adjacent to an activating group) is 1. The molecule has 0 bridgehead atoms. The zero-order valence-corrected chi connectivity index (χ0v) is 11.7. The van der Waals surface area contributed by atoms with Crippen molar-refractivity contribution in [2.24, 2.45) is 0 Å². The summed E-state index contributed by atoms with van der Waals surface area (Å²) < 4.78 is 5.02. The largest absolute Gasteiger partial charge is 0.383 e. The summed E-state index contributed by atoms with van der Waals surface area (Å²) in [6.07, 6.45) is 0. The molecular formula is C13H21N3O3. The second kappa shape index (κ2) is 7.70. The molecule has 0 aliphatic carbocycles. The van der Waals surface area contributed by atoms with E-state index >= 15 is 0 Å². The van der Waals surface area contributed by atoms with E-state index < -0.39 is 0 Å². The van der Waals surface area contributed by atoms with Crippen LogP contribution in [0.2, 0.25) is 0 Å². The average molecular weight is 267 g/mol. The molecule has 1 aromatic carbocycles. The Balaban J connectivity index is 2.92. The molecule has 0 atom stereocenters. The van der Waals surface area contributed by atoms with Crippen LogP contribution >= 0.6 is 0 Å². The third-order valence-corrected chi connectivity index (χ3v) is 2.80. The number of ether oxygens (including phenoxy) is 1. The molecule has 0 fully saturated rings. The van der Waals surface area contributed by atoms with Crippen molar-refractivity contribution in [3.8, 4) is 0 Å². The predicted molar refractivity (Wildman–Crippen MR) is 75.5 cm³/mol. The van der Waals surface area contributed by atoms with Gasteiger partial charge in [-0.3, -0.25) is 15.0 Å². The normalized spacial score (nSPS) is 10.7. The van der Waals surface area contributed by atoms with E-state index in [1.54, 1.807) is 13.2 Å². The van der Waals surface area contributed by atoms with Gasteiger partial charge in [-0.1, -0.05) is 12.1 Å². The highest BCUT2D eigenvalue weighted by atomic mass is 16.6. The first-order valence-electron chi connectivity index (χ1n) is 6.27. The lowest BCUT2D eigenvalue weighted by Gasteiger charge is -2.18. The Labute approximate surface area is 113 Å². The molecule has 0 radical (unpaired) electrons. The van der Waals surface area contributed by atoms with Crippen LogP contribution in [0.25, 0.3) is 0 Å². The third-order valence-electron chi connectivity index (χ3n) is 2.80. The minimum Gasteiger partial charge on any atom is -0.383 e. The number of hydrogen-bond acceptors (Lipinski definition) is 5. The number of nitro benzene ring substituents is 1. The molecule has 0 saturated carbocycles. The second-order valence-corrected chi connectivity index (χ2v) is 4.33. The fraction of sp³-hybridized carbons (Fsp3) is 0.538. The Bertz CT molecular complexity index is 424. The standard InChI is InChI=1S/C13H21N3O3/c1-4-14-13-11(10-15(2)8-9-19-3)6-5-7-12(13)16(17)18/h5-7,14H,4,8-10H2,1-3H3. The SMILES string of the molecule is CCNc1c(CN(C)CCOC)cccc1[N+](=O)[O-]. The highest BCUT2D eigenvalue weighted by Gasteiger charge is 2.17. The van der Waals surface area contributed by atoms with Gasteiger partial charge in [0.15, 0.2) is 0 Å². The highest BCUT2D eigenvalue weighted by Crippen LogP contribution is 2.28. The van der Waals surface area contributed by atoms with E-state index in [1.165, 1.54) is 6.07 Å². The fourth-order valence-corrected chi connectivity index (χ4v) is 1.87. The maximum Gasteiger partial charge on any atom is 0.292 e. The molecule has 0 aliphatic rings. The van der Waals surface area contributed by atoms with Gasteiger partial charge >= 0.3 is 0 Å². The number of nitrogens with zero attached hydrogens (tertiary/aromatic N) is 2. The fourth-order valence-electron chi connectivity index (χ4n) is 1.87. The minimum atomic E-state index is -0.351. The molecule has 0 saturated heterocycles. The highest BCUT2D eigenvalue weighted by molar-refractivity contribution is 5.66. The molecule has 6 heteroatoms. The molecule has 6 nitrogen and oxygen atoms in total. The van der Waals surface area contributed by atoms with Crippen LogP contribution in [-0.4, -0.2) is 43.7 Å². The molecule has 0 aromatic heterocycles. The summed E-state index contributed by atoms with van der Waals surface area (Å²) in [5.41, 5.74) is 1.66. The van der Waals surface area contributed by atoms with Crippen molar-refractivity contribution in [1.29, 1.82) is 0 Å². The zero-order chi connectivity index (χ0) is 14.3. The van der Waals surface area contributed by atoms with E-state index in [0.717, 1.165) is 12.1 Å². The maximum absolute atomic E-state index is 11.0. The smallest absolute Gasteiger partial charge is 0.292 e. The van der Waals surface area contributed by atoms with Crippen LogP contribution in [0.4, 0.5) is 11.4 Å². The Morgan fingerprint density at radius 1 is 1.47 bits per heavy atom. The lowest BCUT2D eigenvalue weighted by atomic mass is 10.1. The van der Waals surface area contributed by atoms with Gasteiger partial charge in [-0.25, -0.2) is 0 Å². The number of anilines is 1. The van der Waals surface area contributed by atoms with Gasteiger partial charge in [0.25, 0.3) is 5.69 Å². The summed E-state index contributed by atoms with van der Waals surface area (Å²) in [6, 6.07) is 5.16. The number of benzene rings is 1. The van der Waals surface area contributed by atoms with E-state index in [4.69, 9.17) is 4.74 Å². The van der Waals surface area contributed by atoms with Crippen LogP contribution in [0.3, 0.4) is 0 Å². The second-order valence-electron chi connectivity index (χ2n) is 4.33. The summed E-state index contributed by atoms with van der Waals surface area (Å²) in [5, 5.41) is 14.1. The number of nitro groups is 1. The third kappa shape index (κ3) is 4.50. The van der Waals surface area contributed by atoms with E-state index in [2.05, 4.69) is 10.2 Å². The molecule has 0 amide bonds. The van der Waals surface area contributed by atoms with Crippen molar-refractivity contribution < 1.29 is 9.66 Å². The molecule has 0 heterocycles. The molecule has 19 heavy (non-hydrogen) atoms. The first-order valence-corrected chi connectivity index (χ1v) is 6.27. The lowest BCUT2D eigenvalue weighted by molar-refractivity contribution is -0.384. The van der Waals surface area contributed by atoms with Gasteiger partial charge < -0.3 is 10.1 Å². The van der Waals surface area contributed by atoms with Crippen molar-refractivity contribution in [3.63, 3.8) is 0 Å². The molecular weight excluding hydrogens is 246 g/mol. The maximum atomic E-state index is 11.0. The molecule has 0 aliphatic heterocycles. The van der Waals surface area contributed by atoms with Crippen LogP contribution in [0.5, 0.6) is 0 Å². The van der Waals surface area contributed by atoms with Crippen LogP contribution in [-0.2, 0) is 11.3 Å². The molecule has 106 valence electrons. The van der Waals surface area contributed by atoms with Crippen molar-refractivity contribution in [1.82, 2.24) is 4.90 Å². The minimum absolute atomic E-state index is 0.125. The first-order chi connectivity index (χ1) is 9.10. The molecule has 0 unspecified atom stereocenters. The van der Waals surface area contributed by atoms with E-state index in [0.29, 0.717) is 25.4 Å². The van der Waals surface area contributed by atoms with Crippen LogP contribution in [0, 0.1) is 10.1 Å². The Kier molecular flexibility index (Phi) is 6.24. The van der Waals surface area contributed by atoms with Gasteiger partial charge in [0.05, 0.1) is 11.5 Å². The van der Waals surface area contributed by atoms with Crippen LogP contribution < -0.4 is 5.32 Å². The van der Waals surface area contributed by atoms with Crippen LogP contribution in [0.1, 0.15) is 12.5 Å². The number of hydrogen-bond donors (Lipinski definition) is 1. The Morgan fingerprint density at radius 2 is 2.21 bits per heavy atom. The average Bonchev–Trinajstić information content (AvgIpc) is 2.38. The summed E-state index contributed by atoms with van der Waals surface area (Å²) in [7, 11) is 3.62. The summed E-state index contributed by atoms with van der Waals surface area (Å²) >= 11 is 0. The predicted octanol–water partition coefficient (Wildman–Crippen LogP) is 2.10. The van der Waals surface area contributed by atoms with Gasteiger partial charge in [-0.05, 0) is 19.5 Å². The van der Waals surface area contributed by atoms with E-state index in [1.807, 2.05) is 20.0 Å². The van der Waals surface area contributed by atoms with Gasteiger partial charge in [0.1, 0.15) is 5.69 Å². The topological polar surface area (TPSA) is 67.6 Å². The van der Waals surface area contributed by atoms with Gasteiger partial charge in [0.2, 0.25) is 0 Å². The van der Waals surface area contributed by atoms with Gasteiger partial charge in [-0.2, -0.15) is 0 Å². The zero-order valence-electron chi connectivity index (χ0n) is 11.7. The molecule has 1 aromatic rings.